The number of imidazole rings is 1. The predicted molar refractivity (Wildman–Crippen MR) is 124 cm³/mol. The summed E-state index contributed by atoms with van der Waals surface area (Å²) in [5, 5.41) is 26.3. The van der Waals surface area contributed by atoms with Crippen molar-refractivity contribution in [2.75, 3.05) is 29.5 Å². The molecule has 3 aromatic heterocycles. The summed E-state index contributed by atoms with van der Waals surface area (Å²) in [6, 6.07) is 11.8. The molecule has 1 aromatic carbocycles. The molecular formula is C22H25IN9O2-. The monoisotopic (exact) mass is 574 g/mol. The van der Waals surface area contributed by atoms with Crippen molar-refractivity contribution >= 4 is 17.6 Å². The van der Waals surface area contributed by atoms with Gasteiger partial charge in [0.05, 0.1) is 6.33 Å². The summed E-state index contributed by atoms with van der Waals surface area (Å²) in [4.78, 5) is 17.6. The van der Waals surface area contributed by atoms with Crippen molar-refractivity contribution in [2.24, 2.45) is 0 Å². The number of nitrogens with zero attached hydrogens (tertiary/aromatic N) is 5. The fraction of sp³-hybridized carbons (Fsp3) is 0.182. The number of anilines is 3. The van der Waals surface area contributed by atoms with E-state index < -0.39 is 24.9 Å². The van der Waals surface area contributed by atoms with E-state index in [9.17, 15) is 5.21 Å². The third kappa shape index (κ3) is 5.96. The number of rotatable bonds is 10. The first kappa shape index (κ1) is 23.8. The Morgan fingerprint density at radius 1 is 1.12 bits per heavy atom. The van der Waals surface area contributed by atoms with Crippen LogP contribution in [0.1, 0.15) is 12.5 Å². The Morgan fingerprint density at radius 2 is 1.91 bits per heavy atom. The maximum atomic E-state index is 10.9. The molecule has 0 fully saturated rings. The fourth-order valence-electron chi connectivity index (χ4n) is 3.25. The molecule has 1 unspecified atom stereocenters. The molecule has 0 saturated carbocycles. The molecule has 178 valence electrons. The molecule has 0 aliphatic rings. The molecule has 3 heterocycles. The minimum Gasteiger partial charge on any atom is -0.303 e. The quantitative estimate of drug-likeness (QED) is 0.0648. The van der Waals surface area contributed by atoms with Crippen LogP contribution in [0.25, 0.3) is 16.9 Å². The first-order valence-corrected chi connectivity index (χ1v) is 12.8. The summed E-state index contributed by atoms with van der Waals surface area (Å²) < 4.78 is 1.65. The number of nitrogen functional groups attached to an aromatic ring is 1. The third-order valence-electron chi connectivity index (χ3n) is 4.96. The van der Waals surface area contributed by atoms with Crippen molar-refractivity contribution in [3.63, 3.8) is 0 Å². The van der Waals surface area contributed by atoms with Gasteiger partial charge in [0.2, 0.25) is 0 Å². The molecule has 34 heavy (non-hydrogen) atoms. The number of nitrogens with two attached hydrogens (primary N) is 1. The van der Waals surface area contributed by atoms with Crippen LogP contribution in [0.5, 0.6) is 0 Å². The van der Waals surface area contributed by atoms with Crippen LogP contribution >= 0.6 is 0 Å². The van der Waals surface area contributed by atoms with E-state index in [4.69, 9.17) is 15.9 Å². The molecule has 0 spiro atoms. The van der Waals surface area contributed by atoms with Crippen LogP contribution in [0, 0.1) is 8.78 Å². The number of hydrogen-bond donors (Lipinski definition) is 5. The molecule has 0 aliphatic heterocycles. The molecule has 12 heteroatoms. The summed E-state index contributed by atoms with van der Waals surface area (Å²) >= 11 is -1.19. The van der Waals surface area contributed by atoms with Crippen molar-refractivity contribution in [1.29, 1.82) is 0 Å². The van der Waals surface area contributed by atoms with Crippen molar-refractivity contribution < 1.29 is 30.1 Å². The molecule has 11 nitrogen and oxygen atoms in total. The summed E-state index contributed by atoms with van der Waals surface area (Å²) in [5.41, 5.74) is 9.78. The number of pyridine rings is 1. The van der Waals surface area contributed by atoms with Crippen molar-refractivity contribution in [3.8, 4) is 16.9 Å². The van der Waals surface area contributed by atoms with Crippen molar-refractivity contribution in [1.82, 2.24) is 24.5 Å². The number of aryl methyl sites for hydroxylation is 1. The van der Waals surface area contributed by atoms with E-state index >= 15 is 0 Å². The standard InChI is InChI=1S/C22H25IN9O2/c1-2-15-3-5-16(6-4-15)20-18(31-12-11-25-14-31)13-28-22(30-20)27-10-9-26-19-8-7-17(21(24)29-19)23-32(33)34/h3-8,11-14,32-33H,2,9-10H2,1H3,(H3,24,26,29)(H,27,28,30)/q-1. The van der Waals surface area contributed by atoms with Crippen LogP contribution in [0.3, 0.4) is 0 Å². The molecular weight excluding hydrogens is 549 g/mol. The molecule has 0 radical (unpaired) electrons. The Labute approximate surface area is 207 Å². The van der Waals surface area contributed by atoms with Gasteiger partial charge in [-0.05, 0) is 12.0 Å². The first-order chi connectivity index (χ1) is 16.5. The number of nitrogens with one attached hydrogen (secondary N) is 3. The molecule has 0 amide bonds. The molecule has 0 bridgehead atoms. The van der Waals surface area contributed by atoms with E-state index in [0.29, 0.717) is 28.4 Å². The molecule has 1 atom stereocenters. The van der Waals surface area contributed by atoms with Gasteiger partial charge in [-0.2, -0.15) is 0 Å². The zero-order valence-corrected chi connectivity index (χ0v) is 20.6. The van der Waals surface area contributed by atoms with Crippen LogP contribution < -0.4 is 41.3 Å². The smallest absolute Gasteiger partial charge is 0.303 e. The predicted octanol–water partition coefficient (Wildman–Crippen LogP) is -1.66. The Kier molecular flexibility index (Phi) is 7.84. The number of halogens is 1. The average Bonchev–Trinajstić information content (AvgIpc) is 3.38. The van der Waals surface area contributed by atoms with Crippen LogP contribution in [0.2, 0.25) is 0 Å². The second-order valence-corrected chi connectivity index (χ2v) is 9.84. The van der Waals surface area contributed by atoms with E-state index in [2.05, 4.69) is 56.8 Å². The Balaban J connectivity index is 1.44. The van der Waals surface area contributed by atoms with Gasteiger partial charge in [0, 0.05) is 12.4 Å². The van der Waals surface area contributed by atoms with Gasteiger partial charge < -0.3 is 4.57 Å². The Bertz CT molecular complexity index is 1220. The van der Waals surface area contributed by atoms with E-state index in [1.54, 1.807) is 30.9 Å². The van der Waals surface area contributed by atoms with Gasteiger partial charge in [0.25, 0.3) is 0 Å². The zero-order chi connectivity index (χ0) is 23.9. The van der Waals surface area contributed by atoms with Crippen LogP contribution in [-0.4, -0.2) is 42.8 Å². The van der Waals surface area contributed by atoms with Gasteiger partial charge >= 0.3 is 136 Å². The SMILES string of the molecule is CCc1ccc(-c2nc(NCCNc3ccc([I-][NH+]([O-])O)c(N)n3)ncc2-n2ccnc2)cc1. The molecule has 4 rings (SSSR count). The number of aromatic nitrogens is 5. The van der Waals surface area contributed by atoms with Crippen LogP contribution in [0.4, 0.5) is 17.6 Å². The fourth-order valence-corrected chi connectivity index (χ4v) is 4.50. The molecule has 6 N–H and O–H groups in total. The molecule has 4 aromatic rings. The van der Waals surface area contributed by atoms with Gasteiger partial charge in [-0.25, -0.2) is 4.98 Å². The normalized spacial score (nSPS) is 12.0. The summed E-state index contributed by atoms with van der Waals surface area (Å²) in [7, 11) is 0. The molecule has 0 saturated heterocycles. The third-order valence-corrected chi connectivity index (χ3v) is 6.91. The van der Waals surface area contributed by atoms with Crippen molar-refractivity contribution in [2.45, 2.75) is 13.3 Å². The van der Waals surface area contributed by atoms with Gasteiger partial charge in [-0.3, -0.25) is 0 Å². The van der Waals surface area contributed by atoms with E-state index in [1.807, 2.05) is 10.8 Å². The van der Waals surface area contributed by atoms with E-state index in [-0.39, 0.29) is 5.82 Å². The van der Waals surface area contributed by atoms with Gasteiger partial charge in [0.15, 0.2) is 0 Å². The average molecular weight is 574 g/mol. The number of benzene rings is 1. The Hall–Kier alpha value is -3.33. The summed E-state index contributed by atoms with van der Waals surface area (Å²) in [6.07, 6.45) is 8.06. The second-order valence-electron chi connectivity index (χ2n) is 7.21. The van der Waals surface area contributed by atoms with Gasteiger partial charge in [-0.15, -0.1) is 0 Å². The Morgan fingerprint density at radius 3 is 2.59 bits per heavy atom. The van der Waals surface area contributed by atoms with Crippen LogP contribution in [0.15, 0.2) is 61.3 Å². The van der Waals surface area contributed by atoms with E-state index in [1.165, 1.54) is 5.56 Å². The minimum atomic E-state index is -1.19. The summed E-state index contributed by atoms with van der Waals surface area (Å²) in [6.45, 7) is 3.22. The minimum absolute atomic E-state index is 0.255. The summed E-state index contributed by atoms with van der Waals surface area (Å²) in [5.74, 6) is 1.35. The number of hydrogen-bond acceptors (Lipinski definition) is 9. The first-order valence-electron chi connectivity index (χ1n) is 10.6. The zero-order valence-electron chi connectivity index (χ0n) is 18.4. The van der Waals surface area contributed by atoms with E-state index in [0.717, 1.165) is 23.4 Å². The molecule has 0 aliphatic carbocycles. The van der Waals surface area contributed by atoms with Crippen LogP contribution in [-0.2, 0) is 6.42 Å². The van der Waals surface area contributed by atoms with Gasteiger partial charge in [0.1, 0.15) is 0 Å². The van der Waals surface area contributed by atoms with Gasteiger partial charge in [-0.1, -0.05) is 31.2 Å². The maximum absolute atomic E-state index is 10.9. The number of quaternary nitrogens is 1. The van der Waals surface area contributed by atoms with Crippen molar-refractivity contribution in [3.05, 3.63) is 75.7 Å². The topological polar surface area (TPSA) is 154 Å². The second kappa shape index (κ2) is 11.2.